The minimum atomic E-state index is -0.516. The molecule has 0 atom stereocenters. The maximum Gasteiger partial charge on any atom is 0.412 e. The summed E-state index contributed by atoms with van der Waals surface area (Å²) in [5, 5.41) is 13.9. The van der Waals surface area contributed by atoms with Crippen LogP contribution in [0.2, 0.25) is 0 Å². The first-order chi connectivity index (χ1) is 14.6. The molecule has 8 nitrogen and oxygen atoms in total. The predicted molar refractivity (Wildman–Crippen MR) is 141 cm³/mol. The van der Waals surface area contributed by atoms with E-state index < -0.39 is 11.7 Å². The molecule has 0 radical (unpaired) electrons. The average molecular weight is 556 g/mol. The van der Waals surface area contributed by atoms with Crippen molar-refractivity contribution in [3.8, 4) is 0 Å². The van der Waals surface area contributed by atoms with Crippen LogP contribution in [0.5, 0.6) is 0 Å². The van der Waals surface area contributed by atoms with E-state index in [0.717, 1.165) is 37.6 Å². The second-order valence-corrected chi connectivity index (χ2v) is 8.52. The van der Waals surface area contributed by atoms with Crippen molar-refractivity contribution in [1.82, 2.24) is 20.4 Å². The van der Waals surface area contributed by atoms with Gasteiger partial charge in [-0.15, -0.1) is 24.0 Å². The molecule has 0 aliphatic heterocycles. The Kier molecular flexibility index (Phi) is 11.0. The van der Waals surface area contributed by atoms with Gasteiger partial charge in [-0.2, -0.15) is 5.10 Å². The van der Waals surface area contributed by atoms with Crippen LogP contribution in [0.1, 0.15) is 43.3 Å². The zero-order valence-corrected chi connectivity index (χ0v) is 22.5. The molecule has 0 saturated carbocycles. The number of anilines is 1. The molecule has 1 amide bonds. The molecular weight excluding hydrogens is 519 g/mol. The number of rotatable bonds is 7. The second kappa shape index (κ2) is 12.7. The molecule has 0 spiro atoms. The normalized spacial score (nSPS) is 11.5. The predicted octanol–water partition coefficient (Wildman–Crippen LogP) is 3.95. The Labute approximate surface area is 208 Å². The van der Waals surface area contributed by atoms with Gasteiger partial charge < -0.3 is 15.4 Å². The van der Waals surface area contributed by atoms with Gasteiger partial charge >= 0.3 is 6.09 Å². The van der Waals surface area contributed by atoms with Crippen molar-refractivity contribution in [3.05, 3.63) is 46.8 Å². The maximum atomic E-state index is 11.8. The van der Waals surface area contributed by atoms with Gasteiger partial charge in [0.2, 0.25) is 0 Å². The number of amides is 1. The van der Waals surface area contributed by atoms with Crippen molar-refractivity contribution in [2.45, 2.75) is 53.1 Å². The summed E-state index contributed by atoms with van der Waals surface area (Å²) in [6, 6.07) is 7.76. The molecule has 1 heterocycles. The molecule has 1 aromatic heterocycles. The van der Waals surface area contributed by atoms with E-state index in [2.05, 4.69) is 33.0 Å². The van der Waals surface area contributed by atoms with E-state index in [0.29, 0.717) is 5.69 Å². The first kappa shape index (κ1) is 27.7. The Balaban J connectivity index is 0.00000512. The molecule has 2 aromatic rings. The van der Waals surface area contributed by atoms with E-state index in [1.807, 2.05) is 63.7 Å². The lowest BCUT2D eigenvalue weighted by molar-refractivity contribution is 0.0636. The Morgan fingerprint density at radius 2 is 1.69 bits per heavy atom. The molecule has 2 rings (SSSR count). The number of guanidine groups is 1. The van der Waals surface area contributed by atoms with Crippen LogP contribution in [-0.2, 0) is 24.6 Å². The van der Waals surface area contributed by atoms with Gasteiger partial charge in [0.25, 0.3) is 0 Å². The quantitative estimate of drug-likeness (QED) is 0.273. The van der Waals surface area contributed by atoms with E-state index in [1.54, 1.807) is 7.05 Å². The highest BCUT2D eigenvalue weighted by Gasteiger charge is 2.16. The second-order valence-electron chi connectivity index (χ2n) is 8.52. The van der Waals surface area contributed by atoms with Crippen molar-refractivity contribution < 1.29 is 9.53 Å². The summed E-state index contributed by atoms with van der Waals surface area (Å²) in [5.74, 6) is 0.780. The summed E-state index contributed by atoms with van der Waals surface area (Å²) in [5.41, 5.74) is 4.92. The Hall–Kier alpha value is -2.30. The number of halogens is 1. The zero-order valence-electron chi connectivity index (χ0n) is 20.2. The average Bonchev–Trinajstić information content (AvgIpc) is 2.92. The van der Waals surface area contributed by atoms with Gasteiger partial charge in [-0.1, -0.05) is 12.1 Å². The molecule has 0 saturated heterocycles. The summed E-state index contributed by atoms with van der Waals surface area (Å²) in [6.07, 6.45) is 1.29. The van der Waals surface area contributed by atoms with Gasteiger partial charge in [0.15, 0.2) is 5.96 Å². The van der Waals surface area contributed by atoms with Crippen LogP contribution in [-0.4, -0.2) is 47.6 Å². The van der Waals surface area contributed by atoms with Crippen molar-refractivity contribution in [2.24, 2.45) is 12.0 Å². The van der Waals surface area contributed by atoms with Crippen molar-refractivity contribution in [2.75, 3.05) is 25.5 Å². The number of carbonyl (C=O) groups is 1. The van der Waals surface area contributed by atoms with Crippen LogP contribution in [0.4, 0.5) is 10.5 Å². The van der Waals surface area contributed by atoms with Gasteiger partial charge in [-0.25, -0.2) is 4.79 Å². The topological polar surface area (TPSA) is 92.6 Å². The first-order valence-electron chi connectivity index (χ1n) is 10.6. The van der Waals surface area contributed by atoms with Crippen LogP contribution in [0, 0.1) is 13.8 Å². The Bertz CT molecular complexity index is 900. The Morgan fingerprint density at radius 1 is 1.09 bits per heavy atom. The molecular formula is C23H37IN6O2. The number of hydrogen-bond acceptors (Lipinski definition) is 4. The number of hydrogen-bond donors (Lipinski definition) is 3. The number of ether oxygens (including phenoxy) is 1. The molecule has 0 aliphatic carbocycles. The van der Waals surface area contributed by atoms with Crippen LogP contribution >= 0.6 is 24.0 Å². The number of aliphatic imine (C=N–C) groups is 1. The van der Waals surface area contributed by atoms with Gasteiger partial charge in [0, 0.05) is 38.6 Å². The maximum absolute atomic E-state index is 11.8. The summed E-state index contributed by atoms with van der Waals surface area (Å²) >= 11 is 0. The summed E-state index contributed by atoms with van der Waals surface area (Å²) in [6.45, 7) is 11.2. The lowest BCUT2D eigenvalue weighted by Gasteiger charge is -2.19. The molecule has 32 heavy (non-hydrogen) atoms. The smallest absolute Gasteiger partial charge is 0.412 e. The highest BCUT2D eigenvalue weighted by atomic mass is 127. The summed E-state index contributed by atoms with van der Waals surface area (Å²) in [4.78, 5) is 16.1. The fourth-order valence-electron chi connectivity index (χ4n) is 3.21. The van der Waals surface area contributed by atoms with E-state index in [4.69, 9.17) is 4.74 Å². The number of aryl methyl sites for hydroxylation is 2. The van der Waals surface area contributed by atoms with Crippen molar-refractivity contribution in [3.63, 3.8) is 0 Å². The highest BCUT2D eigenvalue weighted by molar-refractivity contribution is 14.0. The largest absolute Gasteiger partial charge is 0.444 e. The SMILES string of the molecule is CN=C(NCCc1ccc(NC(=O)OC(C)(C)C)cc1)NCCc1c(C)nn(C)c1C.I. The van der Waals surface area contributed by atoms with Crippen LogP contribution in [0.15, 0.2) is 29.3 Å². The van der Waals surface area contributed by atoms with Gasteiger partial charge in [0.1, 0.15) is 5.60 Å². The standard InChI is InChI=1S/C23H36N6O2.HI/c1-16-20(17(2)29(7)28-16)13-15-26-21(24-6)25-14-12-18-8-10-19(11-9-18)27-22(30)31-23(3,4)5;/h8-11H,12-15H2,1-7H3,(H,27,30)(H2,24,25,26);1H. The van der Waals surface area contributed by atoms with Gasteiger partial charge in [-0.05, 0) is 70.7 Å². The monoisotopic (exact) mass is 556 g/mol. The Morgan fingerprint density at radius 3 is 2.19 bits per heavy atom. The minimum absolute atomic E-state index is 0. The molecule has 0 bridgehead atoms. The number of nitrogens with one attached hydrogen (secondary N) is 3. The highest BCUT2D eigenvalue weighted by Crippen LogP contribution is 2.13. The molecule has 0 fully saturated rings. The van der Waals surface area contributed by atoms with E-state index in [1.165, 1.54) is 16.8 Å². The number of nitrogens with zero attached hydrogens (tertiary/aromatic N) is 3. The third kappa shape index (κ3) is 9.05. The van der Waals surface area contributed by atoms with Crippen molar-refractivity contribution in [1.29, 1.82) is 0 Å². The van der Waals surface area contributed by atoms with Gasteiger partial charge in [-0.3, -0.25) is 15.0 Å². The van der Waals surface area contributed by atoms with E-state index in [9.17, 15) is 4.79 Å². The minimum Gasteiger partial charge on any atom is -0.444 e. The molecule has 0 aliphatic rings. The first-order valence-corrected chi connectivity index (χ1v) is 10.6. The van der Waals surface area contributed by atoms with Crippen LogP contribution in [0.3, 0.4) is 0 Å². The third-order valence-electron chi connectivity index (χ3n) is 4.86. The van der Waals surface area contributed by atoms with E-state index in [-0.39, 0.29) is 24.0 Å². The summed E-state index contributed by atoms with van der Waals surface area (Å²) < 4.78 is 7.19. The number of carbonyl (C=O) groups excluding carboxylic acids is 1. The van der Waals surface area contributed by atoms with Crippen LogP contribution in [0.25, 0.3) is 0 Å². The number of aromatic nitrogens is 2. The molecule has 0 unspecified atom stereocenters. The fraction of sp³-hybridized carbons (Fsp3) is 0.522. The molecule has 9 heteroatoms. The lowest BCUT2D eigenvalue weighted by atomic mass is 10.1. The fourth-order valence-corrected chi connectivity index (χ4v) is 3.21. The zero-order chi connectivity index (χ0) is 23.0. The molecule has 1 aromatic carbocycles. The lowest BCUT2D eigenvalue weighted by Crippen LogP contribution is -2.39. The van der Waals surface area contributed by atoms with Gasteiger partial charge in [0.05, 0.1) is 5.69 Å². The van der Waals surface area contributed by atoms with E-state index >= 15 is 0 Å². The van der Waals surface area contributed by atoms with Crippen LogP contribution < -0.4 is 16.0 Å². The van der Waals surface area contributed by atoms with Crippen molar-refractivity contribution >= 4 is 41.7 Å². The summed E-state index contributed by atoms with van der Waals surface area (Å²) in [7, 11) is 3.74. The molecule has 3 N–H and O–H groups in total. The number of benzene rings is 1. The molecule has 178 valence electrons. The third-order valence-corrected chi connectivity index (χ3v) is 4.86.